The first-order valence-corrected chi connectivity index (χ1v) is 9.94. The molecule has 2 heteroatoms. The minimum atomic E-state index is -0.476. The van der Waals surface area contributed by atoms with Gasteiger partial charge in [-0.1, -0.05) is 60.7 Å². The number of aliphatic hydroxyl groups excluding tert-OH is 1. The Morgan fingerprint density at radius 2 is 1.38 bits per heavy atom. The highest BCUT2D eigenvalue weighted by Gasteiger charge is 2.07. The fourth-order valence-corrected chi connectivity index (χ4v) is 3.92. The minimum Gasteiger partial charge on any atom is -0.491 e. The first-order valence-electron chi connectivity index (χ1n) is 9.94. The molecule has 0 bridgehead atoms. The summed E-state index contributed by atoms with van der Waals surface area (Å²) in [6.45, 7) is 2.02. The largest absolute Gasteiger partial charge is 0.491 e. The first kappa shape index (κ1) is 17.7. The van der Waals surface area contributed by atoms with E-state index in [9.17, 15) is 5.11 Å². The smallest absolute Gasteiger partial charge is 0.120 e. The van der Waals surface area contributed by atoms with Crippen molar-refractivity contribution < 1.29 is 9.84 Å². The molecule has 1 N–H and O–H groups in total. The van der Waals surface area contributed by atoms with Crippen molar-refractivity contribution in [2.24, 2.45) is 0 Å². The van der Waals surface area contributed by atoms with E-state index in [4.69, 9.17) is 4.74 Å². The molecule has 5 aromatic rings. The van der Waals surface area contributed by atoms with Crippen LogP contribution >= 0.6 is 0 Å². The minimum absolute atomic E-state index is 0.299. The van der Waals surface area contributed by atoms with Crippen LogP contribution in [-0.4, -0.2) is 17.8 Å². The topological polar surface area (TPSA) is 29.5 Å². The predicted molar refractivity (Wildman–Crippen MR) is 122 cm³/mol. The van der Waals surface area contributed by atoms with E-state index >= 15 is 0 Å². The normalized spacial score (nSPS) is 12.5. The highest BCUT2D eigenvalue weighted by atomic mass is 16.5. The predicted octanol–water partition coefficient (Wildman–Crippen LogP) is 6.57. The fraction of sp³-hybridized carbons (Fsp3) is 0.111. The second kappa shape index (κ2) is 7.23. The van der Waals surface area contributed by atoms with Crippen molar-refractivity contribution in [3.05, 3.63) is 91.0 Å². The van der Waals surface area contributed by atoms with Crippen molar-refractivity contribution >= 4 is 32.3 Å². The maximum Gasteiger partial charge on any atom is 0.120 e. The van der Waals surface area contributed by atoms with E-state index in [2.05, 4.69) is 78.9 Å². The molecule has 0 aliphatic rings. The average molecular weight is 378 g/mol. The zero-order valence-electron chi connectivity index (χ0n) is 16.3. The molecule has 142 valence electrons. The van der Waals surface area contributed by atoms with Gasteiger partial charge in [-0.2, -0.15) is 0 Å². The molecule has 0 saturated heterocycles. The maximum atomic E-state index is 9.42. The SMILES string of the molecule is CC(O)COc1ccc2cc(-c3cccc4cc5ccccc5cc34)ccc2c1. The highest BCUT2D eigenvalue weighted by molar-refractivity contribution is 6.05. The van der Waals surface area contributed by atoms with Gasteiger partial charge in [0.05, 0.1) is 6.10 Å². The van der Waals surface area contributed by atoms with Crippen molar-refractivity contribution in [3.63, 3.8) is 0 Å². The molecule has 1 atom stereocenters. The van der Waals surface area contributed by atoms with Gasteiger partial charge in [0, 0.05) is 0 Å². The number of hydrogen-bond acceptors (Lipinski definition) is 2. The van der Waals surface area contributed by atoms with Crippen LogP contribution < -0.4 is 4.74 Å². The summed E-state index contributed by atoms with van der Waals surface area (Å²) in [7, 11) is 0. The third-order valence-electron chi connectivity index (χ3n) is 5.36. The zero-order chi connectivity index (χ0) is 19.8. The number of rotatable bonds is 4. The second-order valence-electron chi connectivity index (χ2n) is 7.61. The number of benzene rings is 5. The van der Waals surface area contributed by atoms with Gasteiger partial charge in [0.15, 0.2) is 0 Å². The lowest BCUT2D eigenvalue weighted by molar-refractivity contribution is 0.123. The Hall–Kier alpha value is -3.36. The summed E-state index contributed by atoms with van der Waals surface area (Å²) in [5.74, 6) is 0.780. The van der Waals surface area contributed by atoms with Gasteiger partial charge in [0.2, 0.25) is 0 Å². The highest BCUT2D eigenvalue weighted by Crippen LogP contribution is 2.34. The quantitative estimate of drug-likeness (QED) is 0.358. The molecule has 2 nitrogen and oxygen atoms in total. The molecular weight excluding hydrogens is 356 g/mol. The van der Waals surface area contributed by atoms with Crippen molar-refractivity contribution in [1.82, 2.24) is 0 Å². The molecule has 5 aromatic carbocycles. The van der Waals surface area contributed by atoms with Crippen molar-refractivity contribution in [3.8, 4) is 16.9 Å². The molecule has 0 aliphatic carbocycles. The molecule has 0 aromatic heterocycles. The Balaban J connectivity index is 1.60. The molecule has 29 heavy (non-hydrogen) atoms. The lowest BCUT2D eigenvalue weighted by Crippen LogP contribution is -2.12. The third-order valence-corrected chi connectivity index (χ3v) is 5.36. The van der Waals surface area contributed by atoms with Crippen LogP contribution in [0.4, 0.5) is 0 Å². The van der Waals surface area contributed by atoms with E-state index in [1.54, 1.807) is 6.92 Å². The summed E-state index contributed by atoms with van der Waals surface area (Å²) in [6.07, 6.45) is -0.476. The summed E-state index contributed by atoms with van der Waals surface area (Å²) in [4.78, 5) is 0. The van der Waals surface area contributed by atoms with E-state index in [0.717, 1.165) is 11.1 Å². The molecular formula is C27H22O2. The molecule has 0 fully saturated rings. The number of aliphatic hydroxyl groups is 1. The Labute approximate surface area is 170 Å². The van der Waals surface area contributed by atoms with Crippen LogP contribution in [0.2, 0.25) is 0 Å². The standard InChI is InChI=1S/C27H22O2/c1-18(28)17-29-25-12-11-21-14-24(10-9-22(21)15-25)26-8-4-7-23-13-19-5-2-3-6-20(19)16-27(23)26/h2-16,18,28H,17H2,1H3. The lowest BCUT2D eigenvalue weighted by Gasteiger charge is -2.11. The van der Waals surface area contributed by atoms with Crippen LogP contribution in [0.3, 0.4) is 0 Å². The van der Waals surface area contributed by atoms with Gasteiger partial charge in [0.25, 0.3) is 0 Å². The van der Waals surface area contributed by atoms with Gasteiger partial charge in [0.1, 0.15) is 12.4 Å². The van der Waals surface area contributed by atoms with Gasteiger partial charge in [-0.25, -0.2) is 0 Å². The zero-order valence-corrected chi connectivity index (χ0v) is 16.3. The summed E-state index contributed by atoms with van der Waals surface area (Å²) in [6, 6.07) is 32.2. The molecule has 1 unspecified atom stereocenters. The number of fused-ring (bicyclic) bond motifs is 3. The first-order chi connectivity index (χ1) is 14.2. The molecule has 0 amide bonds. The fourth-order valence-electron chi connectivity index (χ4n) is 3.92. The Morgan fingerprint density at radius 3 is 2.21 bits per heavy atom. The second-order valence-corrected chi connectivity index (χ2v) is 7.61. The molecule has 0 aliphatic heterocycles. The van der Waals surface area contributed by atoms with Crippen LogP contribution in [-0.2, 0) is 0 Å². The molecule has 0 saturated carbocycles. The lowest BCUT2D eigenvalue weighted by atomic mass is 9.94. The Morgan fingerprint density at radius 1 is 0.690 bits per heavy atom. The molecule has 0 radical (unpaired) electrons. The van der Waals surface area contributed by atoms with Crippen LogP contribution in [0.5, 0.6) is 5.75 Å². The van der Waals surface area contributed by atoms with Gasteiger partial charge >= 0.3 is 0 Å². The number of ether oxygens (including phenoxy) is 1. The average Bonchev–Trinajstić information content (AvgIpc) is 2.75. The van der Waals surface area contributed by atoms with Crippen LogP contribution in [0.25, 0.3) is 43.4 Å². The van der Waals surface area contributed by atoms with Crippen molar-refractivity contribution in [2.75, 3.05) is 6.61 Å². The molecule has 0 heterocycles. The van der Waals surface area contributed by atoms with Crippen LogP contribution in [0.15, 0.2) is 91.0 Å². The molecule has 0 spiro atoms. The number of hydrogen-bond donors (Lipinski definition) is 1. The summed E-state index contributed by atoms with van der Waals surface area (Å²) in [5, 5.41) is 16.8. The third kappa shape index (κ3) is 3.43. The maximum absolute atomic E-state index is 9.42. The van der Waals surface area contributed by atoms with Crippen LogP contribution in [0.1, 0.15) is 6.92 Å². The Bertz CT molecular complexity index is 1330. The van der Waals surface area contributed by atoms with E-state index in [1.807, 2.05) is 12.1 Å². The summed E-state index contributed by atoms with van der Waals surface area (Å²) < 4.78 is 5.64. The van der Waals surface area contributed by atoms with Gasteiger partial charge in [-0.3, -0.25) is 0 Å². The van der Waals surface area contributed by atoms with E-state index < -0.39 is 6.10 Å². The van der Waals surface area contributed by atoms with Gasteiger partial charge < -0.3 is 9.84 Å². The summed E-state index contributed by atoms with van der Waals surface area (Å²) >= 11 is 0. The van der Waals surface area contributed by atoms with E-state index in [1.165, 1.54) is 38.1 Å². The summed E-state index contributed by atoms with van der Waals surface area (Å²) in [5.41, 5.74) is 2.45. The monoisotopic (exact) mass is 378 g/mol. The van der Waals surface area contributed by atoms with Crippen molar-refractivity contribution in [2.45, 2.75) is 13.0 Å². The molecule has 5 rings (SSSR count). The van der Waals surface area contributed by atoms with Crippen molar-refractivity contribution in [1.29, 1.82) is 0 Å². The Kier molecular flexibility index (Phi) is 4.42. The van der Waals surface area contributed by atoms with E-state index in [0.29, 0.717) is 6.61 Å². The van der Waals surface area contributed by atoms with Crippen LogP contribution in [0, 0.1) is 0 Å². The van der Waals surface area contributed by atoms with Gasteiger partial charge in [-0.15, -0.1) is 0 Å². The van der Waals surface area contributed by atoms with Gasteiger partial charge in [-0.05, 0) is 80.7 Å². The van der Waals surface area contributed by atoms with E-state index in [-0.39, 0.29) is 0 Å².